The fourth-order valence-corrected chi connectivity index (χ4v) is 1.92. The summed E-state index contributed by atoms with van der Waals surface area (Å²) in [5.41, 5.74) is -0.237. The van der Waals surface area contributed by atoms with Crippen molar-refractivity contribution in [2.24, 2.45) is 0 Å². The van der Waals surface area contributed by atoms with E-state index in [1.807, 2.05) is 13.8 Å². The van der Waals surface area contributed by atoms with E-state index < -0.39 is 23.1 Å². The number of benzene rings is 1. The van der Waals surface area contributed by atoms with E-state index in [1.54, 1.807) is 0 Å². The third kappa shape index (κ3) is 2.92. The van der Waals surface area contributed by atoms with Gasteiger partial charge in [-0.3, -0.25) is 0 Å². The van der Waals surface area contributed by atoms with Crippen molar-refractivity contribution in [1.82, 2.24) is 0 Å². The maximum atomic E-state index is 13.8. The van der Waals surface area contributed by atoms with E-state index in [4.69, 9.17) is 0 Å². The summed E-state index contributed by atoms with van der Waals surface area (Å²) in [6, 6.07) is 0. The SMILES string of the molecule is CCCCc1c(O)c(O)c(CCCC)c(F)c1F. The molecule has 0 aromatic heterocycles. The minimum Gasteiger partial charge on any atom is -0.504 e. The molecule has 0 atom stereocenters. The zero-order valence-electron chi connectivity index (χ0n) is 10.9. The zero-order chi connectivity index (χ0) is 13.7. The molecule has 18 heavy (non-hydrogen) atoms. The molecule has 4 heteroatoms. The number of phenolic OH excluding ortho intramolecular Hbond substituents is 2. The number of halogens is 2. The van der Waals surface area contributed by atoms with Gasteiger partial charge in [0.2, 0.25) is 0 Å². The second-order valence-electron chi connectivity index (χ2n) is 4.49. The van der Waals surface area contributed by atoms with E-state index in [1.165, 1.54) is 0 Å². The first-order chi connectivity index (χ1) is 8.54. The Morgan fingerprint density at radius 2 is 1.11 bits per heavy atom. The summed E-state index contributed by atoms with van der Waals surface area (Å²) in [6.07, 6.45) is 3.34. The highest BCUT2D eigenvalue weighted by atomic mass is 19.2. The molecule has 2 nitrogen and oxygen atoms in total. The van der Waals surface area contributed by atoms with Crippen molar-refractivity contribution in [2.75, 3.05) is 0 Å². The maximum absolute atomic E-state index is 13.8. The lowest BCUT2D eigenvalue weighted by molar-refractivity contribution is 0.374. The first kappa shape index (κ1) is 14.7. The molecule has 1 aromatic rings. The van der Waals surface area contributed by atoms with Gasteiger partial charge in [0, 0.05) is 11.1 Å². The fourth-order valence-electron chi connectivity index (χ4n) is 1.92. The molecule has 0 heterocycles. The fraction of sp³-hybridized carbons (Fsp3) is 0.571. The van der Waals surface area contributed by atoms with Crippen LogP contribution in [0.15, 0.2) is 0 Å². The van der Waals surface area contributed by atoms with Gasteiger partial charge in [0.05, 0.1) is 0 Å². The second-order valence-corrected chi connectivity index (χ2v) is 4.49. The summed E-state index contributed by atoms with van der Waals surface area (Å²) >= 11 is 0. The highest BCUT2D eigenvalue weighted by molar-refractivity contribution is 5.51. The average molecular weight is 258 g/mol. The Hall–Kier alpha value is -1.32. The van der Waals surface area contributed by atoms with Gasteiger partial charge in [-0.05, 0) is 25.7 Å². The first-order valence-corrected chi connectivity index (χ1v) is 6.45. The van der Waals surface area contributed by atoms with Crippen molar-refractivity contribution < 1.29 is 19.0 Å². The molecule has 0 unspecified atom stereocenters. The number of rotatable bonds is 6. The molecule has 0 aliphatic carbocycles. The molecule has 0 aliphatic rings. The summed E-state index contributed by atoms with van der Waals surface area (Å²) in [7, 11) is 0. The van der Waals surface area contributed by atoms with Crippen LogP contribution in [0.2, 0.25) is 0 Å². The van der Waals surface area contributed by atoms with Crippen LogP contribution in [0, 0.1) is 11.6 Å². The Balaban J connectivity index is 3.18. The monoisotopic (exact) mass is 258 g/mol. The third-order valence-electron chi connectivity index (χ3n) is 3.08. The predicted molar refractivity (Wildman–Crippen MR) is 66.9 cm³/mol. The Morgan fingerprint density at radius 1 is 0.778 bits per heavy atom. The lowest BCUT2D eigenvalue weighted by Gasteiger charge is -2.13. The van der Waals surface area contributed by atoms with Gasteiger partial charge in [0.15, 0.2) is 23.1 Å². The van der Waals surface area contributed by atoms with Crippen molar-refractivity contribution in [3.63, 3.8) is 0 Å². The van der Waals surface area contributed by atoms with Gasteiger partial charge in [0.25, 0.3) is 0 Å². The van der Waals surface area contributed by atoms with Crippen LogP contribution in [0.25, 0.3) is 0 Å². The maximum Gasteiger partial charge on any atom is 0.166 e. The molecule has 1 aromatic carbocycles. The molecule has 0 spiro atoms. The molecular weight excluding hydrogens is 238 g/mol. The normalized spacial score (nSPS) is 10.9. The number of aromatic hydroxyl groups is 2. The Labute approximate surface area is 106 Å². The molecule has 0 bridgehead atoms. The largest absolute Gasteiger partial charge is 0.504 e. The van der Waals surface area contributed by atoms with Crippen molar-refractivity contribution in [2.45, 2.75) is 52.4 Å². The topological polar surface area (TPSA) is 40.5 Å². The summed E-state index contributed by atoms with van der Waals surface area (Å²) in [6.45, 7) is 3.83. The molecule has 1 rings (SSSR count). The minimum atomic E-state index is -1.02. The van der Waals surface area contributed by atoms with Gasteiger partial charge in [-0.2, -0.15) is 0 Å². The quantitative estimate of drug-likeness (QED) is 0.755. The standard InChI is InChI=1S/C14H20F2O2/c1-3-5-7-9-11(15)12(16)10(8-6-4-2)14(18)13(9)17/h17-18H,3-8H2,1-2H3. The lowest BCUT2D eigenvalue weighted by Crippen LogP contribution is -2.02. The number of phenols is 2. The van der Waals surface area contributed by atoms with Crippen LogP contribution < -0.4 is 0 Å². The van der Waals surface area contributed by atoms with E-state index in [9.17, 15) is 19.0 Å². The molecule has 2 N–H and O–H groups in total. The number of unbranched alkanes of at least 4 members (excludes halogenated alkanes) is 2. The van der Waals surface area contributed by atoms with E-state index in [0.717, 1.165) is 12.8 Å². The van der Waals surface area contributed by atoms with Crippen LogP contribution in [-0.2, 0) is 12.8 Å². The van der Waals surface area contributed by atoms with Crippen LogP contribution in [-0.4, -0.2) is 10.2 Å². The van der Waals surface area contributed by atoms with Crippen LogP contribution in [0.1, 0.15) is 50.7 Å². The Bertz CT molecular complexity index is 349. The van der Waals surface area contributed by atoms with Gasteiger partial charge < -0.3 is 10.2 Å². The molecule has 0 saturated carbocycles. The number of hydrogen-bond acceptors (Lipinski definition) is 2. The van der Waals surface area contributed by atoms with Crippen LogP contribution >= 0.6 is 0 Å². The average Bonchev–Trinajstić information content (AvgIpc) is 2.37. The smallest absolute Gasteiger partial charge is 0.166 e. The molecular formula is C14H20F2O2. The molecule has 0 radical (unpaired) electrons. The van der Waals surface area contributed by atoms with Gasteiger partial charge in [-0.25, -0.2) is 8.78 Å². The molecule has 0 fully saturated rings. The zero-order valence-corrected chi connectivity index (χ0v) is 10.9. The molecule has 0 amide bonds. The van der Waals surface area contributed by atoms with Gasteiger partial charge >= 0.3 is 0 Å². The summed E-state index contributed by atoms with van der Waals surface area (Å²) in [5, 5.41) is 19.5. The Morgan fingerprint density at radius 3 is 1.39 bits per heavy atom. The van der Waals surface area contributed by atoms with E-state index >= 15 is 0 Å². The van der Waals surface area contributed by atoms with Crippen molar-refractivity contribution in [3.8, 4) is 11.5 Å². The Kier molecular flexibility index (Phi) is 5.38. The predicted octanol–water partition coefficient (Wildman–Crippen LogP) is 4.06. The van der Waals surface area contributed by atoms with Crippen molar-refractivity contribution in [1.29, 1.82) is 0 Å². The third-order valence-corrected chi connectivity index (χ3v) is 3.08. The van der Waals surface area contributed by atoms with Crippen LogP contribution in [0.5, 0.6) is 11.5 Å². The van der Waals surface area contributed by atoms with Crippen molar-refractivity contribution in [3.05, 3.63) is 22.8 Å². The molecule has 0 saturated heterocycles. The highest BCUT2D eigenvalue weighted by Gasteiger charge is 2.23. The lowest BCUT2D eigenvalue weighted by atomic mass is 9.99. The molecule has 0 aliphatic heterocycles. The minimum absolute atomic E-state index is 0.118. The first-order valence-electron chi connectivity index (χ1n) is 6.45. The molecule has 102 valence electrons. The van der Waals surface area contributed by atoms with Crippen LogP contribution in [0.4, 0.5) is 8.78 Å². The van der Waals surface area contributed by atoms with E-state index in [2.05, 4.69) is 0 Å². The summed E-state index contributed by atoms with van der Waals surface area (Å²) < 4.78 is 27.6. The van der Waals surface area contributed by atoms with E-state index in [-0.39, 0.29) is 24.0 Å². The van der Waals surface area contributed by atoms with Crippen molar-refractivity contribution >= 4 is 0 Å². The van der Waals surface area contributed by atoms with Crippen LogP contribution in [0.3, 0.4) is 0 Å². The second kappa shape index (κ2) is 6.57. The number of hydrogen-bond donors (Lipinski definition) is 2. The van der Waals surface area contributed by atoms with Gasteiger partial charge in [-0.1, -0.05) is 26.7 Å². The summed E-state index contributed by atoms with van der Waals surface area (Å²) in [5.74, 6) is -3.06. The summed E-state index contributed by atoms with van der Waals surface area (Å²) in [4.78, 5) is 0. The van der Waals surface area contributed by atoms with Gasteiger partial charge in [-0.15, -0.1) is 0 Å². The van der Waals surface area contributed by atoms with E-state index in [0.29, 0.717) is 12.8 Å². The van der Waals surface area contributed by atoms with Gasteiger partial charge in [0.1, 0.15) is 0 Å². The highest BCUT2D eigenvalue weighted by Crippen LogP contribution is 2.38.